The predicted molar refractivity (Wildman–Crippen MR) is 65.6 cm³/mol. The lowest BCUT2D eigenvalue weighted by Crippen LogP contribution is -2.27. The van der Waals surface area contributed by atoms with Gasteiger partial charge in [-0.15, -0.1) is 0 Å². The molecule has 0 aromatic carbocycles. The first-order valence-electron chi connectivity index (χ1n) is 6.12. The van der Waals surface area contributed by atoms with Crippen molar-refractivity contribution in [1.82, 2.24) is 5.32 Å². The van der Waals surface area contributed by atoms with Crippen molar-refractivity contribution in [3.63, 3.8) is 0 Å². The molecule has 0 radical (unpaired) electrons. The van der Waals surface area contributed by atoms with Crippen LogP contribution in [0, 0.1) is 11.3 Å². The molecule has 0 spiro atoms. The number of rotatable bonds is 7. The van der Waals surface area contributed by atoms with E-state index in [9.17, 15) is 0 Å². The fourth-order valence-electron chi connectivity index (χ4n) is 1.44. The Hall–Kier alpha value is -0.0400. The zero-order valence-electron chi connectivity index (χ0n) is 10.8. The molecule has 0 heterocycles. The first-order valence-corrected chi connectivity index (χ1v) is 6.12. The van der Waals surface area contributed by atoms with Crippen LogP contribution < -0.4 is 5.32 Å². The van der Waals surface area contributed by atoms with Gasteiger partial charge in [0.15, 0.2) is 0 Å². The van der Waals surface area contributed by atoms with Crippen LogP contribution in [-0.2, 0) is 0 Å². The van der Waals surface area contributed by atoms with Gasteiger partial charge in [0, 0.05) is 0 Å². The van der Waals surface area contributed by atoms with E-state index in [2.05, 4.69) is 39.9 Å². The second-order valence-electron chi connectivity index (χ2n) is 5.98. The standard InChI is InChI=1S/C13H29N/c1-12(2)9-7-6-8-10-14-11-13(3,4)5/h12,14H,6-11H2,1-5H3. The molecular weight excluding hydrogens is 170 g/mol. The summed E-state index contributed by atoms with van der Waals surface area (Å²) in [5.74, 6) is 0.873. The van der Waals surface area contributed by atoms with Crippen molar-refractivity contribution in [1.29, 1.82) is 0 Å². The Balaban J connectivity index is 3.07. The summed E-state index contributed by atoms with van der Waals surface area (Å²) in [6.07, 6.45) is 5.51. The molecule has 0 unspecified atom stereocenters. The van der Waals surface area contributed by atoms with Crippen molar-refractivity contribution < 1.29 is 0 Å². The van der Waals surface area contributed by atoms with Crippen LogP contribution in [0.3, 0.4) is 0 Å². The lowest BCUT2D eigenvalue weighted by atomic mass is 9.97. The summed E-state index contributed by atoms with van der Waals surface area (Å²) in [5.41, 5.74) is 0.429. The summed E-state index contributed by atoms with van der Waals surface area (Å²) >= 11 is 0. The molecule has 0 aromatic heterocycles. The molecule has 1 nitrogen and oxygen atoms in total. The zero-order valence-corrected chi connectivity index (χ0v) is 10.8. The maximum Gasteiger partial charge on any atom is -0.0000126 e. The Morgan fingerprint density at radius 3 is 2.14 bits per heavy atom. The highest BCUT2D eigenvalue weighted by atomic mass is 14.9. The topological polar surface area (TPSA) is 12.0 Å². The quantitative estimate of drug-likeness (QED) is 0.614. The summed E-state index contributed by atoms with van der Waals surface area (Å²) in [6, 6.07) is 0. The molecule has 14 heavy (non-hydrogen) atoms. The molecular formula is C13H29N. The molecule has 0 fully saturated rings. The van der Waals surface area contributed by atoms with Gasteiger partial charge in [-0.3, -0.25) is 0 Å². The van der Waals surface area contributed by atoms with Crippen LogP contribution in [0.4, 0.5) is 0 Å². The molecule has 1 N–H and O–H groups in total. The third-order valence-electron chi connectivity index (χ3n) is 2.29. The number of hydrogen-bond donors (Lipinski definition) is 1. The Bertz CT molecular complexity index is 122. The highest BCUT2D eigenvalue weighted by Gasteiger charge is 2.07. The average Bonchev–Trinajstić information content (AvgIpc) is 2.00. The largest absolute Gasteiger partial charge is 0.316 e. The van der Waals surface area contributed by atoms with E-state index in [1.165, 1.54) is 32.2 Å². The highest BCUT2D eigenvalue weighted by molar-refractivity contribution is 4.64. The van der Waals surface area contributed by atoms with Gasteiger partial charge in [-0.1, -0.05) is 53.9 Å². The van der Waals surface area contributed by atoms with E-state index in [1.54, 1.807) is 0 Å². The van der Waals surface area contributed by atoms with E-state index in [1.807, 2.05) is 0 Å². The molecule has 0 saturated heterocycles. The second-order valence-corrected chi connectivity index (χ2v) is 5.98. The van der Waals surface area contributed by atoms with Crippen LogP contribution >= 0.6 is 0 Å². The van der Waals surface area contributed by atoms with Crippen molar-refractivity contribution >= 4 is 0 Å². The van der Waals surface area contributed by atoms with Gasteiger partial charge >= 0.3 is 0 Å². The molecule has 0 saturated carbocycles. The Kier molecular flexibility index (Phi) is 7.26. The molecule has 86 valence electrons. The van der Waals surface area contributed by atoms with Gasteiger partial charge in [-0.05, 0) is 30.8 Å². The monoisotopic (exact) mass is 199 g/mol. The van der Waals surface area contributed by atoms with Crippen molar-refractivity contribution in [3.8, 4) is 0 Å². The van der Waals surface area contributed by atoms with E-state index in [0.29, 0.717) is 5.41 Å². The summed E-state index contributed by atoms with van der Waals surface area (Å²) < 4.78 is 0. The maximum absolute atomic E-state index is 3.51. The number of hydrogen-bond acceptors (Lipinski definition) is 1. The molecule has 0 amide bonds. The Morgan fingerprint density at radius 1 is 1.00 bits per heavy atom. The minimum atomic E-state index is 0.429. The lowest BCUT2D eigenvalue weighted by Gasteiger charge is -2.18. The molecule has 0 atom stereocenters. The van der Waals surface area contributed by atoms with Crippen molar-refractivity contribution in [3.05, 3.63) is 0 Å². The molecule has 0 rings (SSSR count). The smallest absolute Gasteiger partial charge is 0.0000126 e. The maximum atomic E-state index is 3.51. The van der Waals surface area contributed by atoms with E-state index < -0.39 is 0 Å². The van der Waals surface area contributed by atoms with Crippen LogP contribution in [0.5, 0.6) is 0 Å². The first-order chi connectivity index (χ1) is 6.42. The van der Waals surface area contributed by atoms with E-state index in [-0.39, 0.29) is 0 Å². The fraction of sp³-hybridized carbons (Fsp3) is 1.00. The van der Waals surface area contributed by atoms with Gasteiger partial charge in [0.05, 0.1) is 0 Å². The zero-order chi connectivity index (χ0) is 11.0. The Labute approximate surface area is 90.7 Å². The van der Waals surface area contributed by atoms with Gasteiger partial charge < -0.3 is 5.32 Å². The SMILES string of the molecule is CC(C)CCCCCNCC(C)(C)C. The first kappa shape index (κ1) is 14.0. The number of unbranched alkanes of at least 4 members (excludes halogenated alkanes) is 2. The third kappa shape index (κ3) is 12.0. The summed E-state index contributed by atoms with van der Waals surface area (Å²) in [7, 11) is 0. The van der Waals surface area contributed by atoms with E-state index >= 15 is 0 Å². The minimum absolute atomic E-state index is 0.429. The summed E-state index contributed by atoms with van der Waals surface area (Å²) in [4.78, 5) is 0. The van der Waals surface area contributed by atoms with E-state index in [0.717, 1.165) is 12.5 Å². The van der Waals surface area contributed by atoms with Crippen LogP contribution in [0.1, 0.15) is 60.3 Å². The highest BCUT2D eigenvalue weighted by Crippen LogP contribution is 2.10. The van der Waals surface area contributed by atoms with E-state index in [4.69, 9.17) is 0 Å². The molecule has 0 bridgehead atoms. The fourth-order valence-corrected chi connectivity index (χ4v) is 1.44. The number of nitrogens with one attached hydrogen (secondary N) is 1. The lowest BCUT2D eigenvalue weighted by molar-refractivity contribution is 0.376. The summed E-state index contributed by atoms with van der Waals surface area (Å²) in [6.45, 7) is 13.8. The average molecular weight is 199 g/mol. The van der Waals surface area contributed by atoms with Crippen LogP contribution in [0.2, 0.25) is 0 Å². The van der Waals surface area contributed by atoms with Crippen LogP contribution in [0.15, 0.2) is 0 Å². The third-order valence-corrected chi connectivity index (χ3v) is 2.29. The van der Waals surface area contributed by atoms with Crippen molar-refractivity contribution in [2.45, 2.75) is 60.3 Å². The van der Waals surface area contributed by atoms with Gasteiger partial charge in [0.1, 0.15) is 0 Å². The van der Waals surface area contributed by atoms with Crippen molar-refractivity contribution in [2.75, 3.05) is 13.1 Å². The molecule has 0 aliphatic carbocycles. The van der Waals surface area contributed by atoms with Gasteiger partial charge in [0.2, 0.25) is 0 Å². The van der Waals surface area contributed by atoms with Gasteiger partial charge in [-0.2, -0.15) is 0 Å². The normalized spacial score (nSPS) is 12.4. The minimum Gasteiger partial charge on any atom is -0.316 e. The molecule has 1 heteroatoms. The van der Waals surface area contributed by atoms with Gasteiger partial charge in [0.25, 0.3) is 0 Å². The molecule has 0 aliphatic rings. The predicted octanol–water partition coefficient (Wildman–Crippen LogP) is 3.84. The van der Waals surface area contributed by atoms with Gasteiger partial charge in [-0.25, -0.2) is 0 Å². The molecule has 0 aromatic rings. The molecule has 0 aliphatic heterocycles. The van der Waals surface area contributed by atoms with Crippen LogP contribution in [0.25, 0.3) is 0 Å². The summed E-state index contributed by atoms with van der Waals surface area (Å²) in [5, 5.41) is 3.51. The van der Waals surface area contributed by atoms with Crippen LogP contribution in [-0.4, -0.2) is 13.1 Å². The second kappa shape index (κ2) is 7.28. The Morgan fingerprint density at radius 2 is 1.64 bits per heavy atom. The van der Waals surface area contributed by atoms with Crippen molar-refractivity contribution in [2.24, 2.45) is 11.3 Å².